The Bertz CT molecular complexity index is 391. The third-order valence-electron chi connectivity index (χ3n) is 3.85. The van der Waals surface area contributed by atoms with Crippen LogP contribution in [0.5, 0.6) is 0 Å². The lowest BCUT2D eigenvalue weighted by molar-refractivity contribution is 0.315. The third-order valence-corrected chi connectivity index (χ3v) is 3.85. The number of anilines is 1. The Morgan fingerprint density at radius 3 is 3.00 bits per heavy atom. The zero-order valence-corrected chi connectivity index (χ0v) is 12.4. The summed E-state index contributed by atoms with van der Waals surface area (Å²) in [5.41, 5.74) is 2.67. The average Bonchev–Trinajstić information content (AvgIpc) is 2.89. The van der Waals surface area contributed by atoms with Crippen molar-refractivity contribution in [2.45, 2.75) is 32.4 Å². The van der Waals surface area contributed by atoms with E-state index in [1.54, 1.807) is 0 Å². The van der Waals surface area contributed by atoms with Gasteiger partial charge in [0.1, 0.15) is 0 Å². The quantitative estimate of drug-likeness (QED) is 0.791. The zero-order valence-electron chi connectivity index (χ0n) is 12.4. The second-order valence-electron chi connectivity index (χ2n) is 5.53. The molecule has 0 radical (unpaired) electrons. The lowest BCUT2D eigenvalue weighted by Gasteiger charge is -2.24. The third kappa shape index (κ3) is 3.67. The minimum absolute atomic E-state index is 0.671. The molecule has 1 unspecified atom stereocenters. The van der Waals surface area contributed by atoms with Crippen molar-refractivity contribution in [3.05, 3.63) is 24.0 Å². The molecule has 1 aromatic heterocycles. The van der Waals surface area contributed by atoms with Crippen LogP contribution in [0.4, 0.5) is 5.69 Å². The molecule has 2 rings (SSSR count). The van der Waals surface area contributed by atoms with Crippen molar-refractivity contribution in [3.63, 3.8) is 0 Å². The largest absolute Gasteiger partial charge is 0.370 e. The minimum Gasteiger partial charge on any atom is -0.370 e. The van der Waals surface area contributed by atoms with Crippen molar-refractivity contribution in [1.29, 1.82) is 0 Å². The first-order valence-corrected chi connectivity index (χ1v) is 7.27. The first-order chi connectivity index (χ1) is 9.22. The number of aromatic nitrogens is 1. The van der Waals surface area contributed by atoms with E-state index in [2.05, 4.69) is 47.2 Å². The molecule has 1 aromatic rings. The Morgan fingerprint density at radius 2 is 2.32 bits per heavy atom. The van der Waals surface area contributed by atoms with Crippen LogP contribution in [0.3, 0.4) is 0 Å². The maximum Gasteiger partial charge on any atom is 0.0443 e. The summed E-state index contributed by atoms with van der Waals surface area (Å²) >= 11 is 0. The van der Waals surface area contributed by atoms with Crippen molar-refractivity contribution >= 4 is 5.69 Å². The summed E-state index contributed by atoms with van der Waals surface area (Å²) in [5.74, 6) is 0. The smallest absolute Gasteiger partial charge is 0.0443 e. The van der Waals surface area contributed by atoms with Gasteiger partial charge in [-0.05, 0) is 39.5 Å². The Balaban J connectivity index is 2.03. The van der Waals surface area contributed by atoms with Crippen molar-refractivity contribution in [1.82, 2.24) is 15.2 Å². The zero-order chi connectivity index (χ0) is 13.7. The van der Waals surface area contributed by atoms with Crippen molar-refractivity contribution < 1.29 is 0 Å². The predicted molar refractivity (Wildman–Crippen MR) is 80.5 cm³/mol. The molecule has 1 aliphatic heterocycles. The summed E-state index contributed by atoms with van der Waals surface area (Å²) in [5, 5.41) is 3.47. The molecule has 0 aromatic carbocycles. The monoisotopic (exact) mass is 262 g/mol. The number of pyridine rings is 1. The number of nitrogens with zero attached hydrogens (tertiary/aromatic N) is 3. The summed E-state index contributed by atoms with van der Waals surface area (Å²) in [6.45, 7) is 6.44. The molecule has 1 fully saturated rings. The molecule has 0 spiro atoms. The van der Waals surface area contributed by atoms with Gasteiger partial charge < -0.3 is 15.1 Å². The summed E-state index contributed by atoms with van der Waals surface area (Å²) in [6.07, 6.45) is 6.32. The van der Waals surface area contributed by atoms with Crippen LogP contribution in [0.1, 0.15) is 25.3 Å². The second-order valence-corrected chi connectivity index (χ2v) is 5.53. The first-order valence-electron chi connectivity index (χ1n) is 7.27. The number of hydrogen-bond donors (Lipinski definition) is 1. The molecule has 1 atom stereocenters. The number of rotatable bonds is 6. The van der Waals surface area contributed by atoms with Crippen LogP contribution in [0.2, 0.25) is 0 Å². The van der Waals surface area contributed by atoms with Crippen molar-refractivity contribution in [2.75, 3.05) is 38.6 Å². The van der Waals surface area contributed by atoms with Gasteiger partial charge in [0.15, 0.2) is 0 Å². The van der Waals surface area contributed by atoms with Gasteiger partial charge in [0, 0.05) is 49.3 Å². The molecular weight excluding hydrogens is 236 g/mol. The normalized spacial score (nSPS) is 19.4. The highest BCUT2D eigenvalue weighted by molar-refractivity contribution is 5.53. The van der Waals surface area contributed by atoms with Crippen LogP contribution >= 0.6 is 0 Å². The minimum atomic E-state index is 0.671. The second kappa shape index (κ2) is 6.87. The van der Waals surface area contributed by atoms with E-state index in [0.717, 1.165) is 26.2 Å². The lowest BCUT2D eigenvalue weighted by Crippen LogP contribution is -2.32. The van der Waals surface area contributed by atoms with Gasteiger partial charge in [0.2, 0.25) is 0 Å². The van der Waals surface area contributed by atoms with Crippen LogP contribution in [0.15, 0.2) is 18.5 Å². The molecule has 0 bridgehead atoms. The molecule has 1 N–H and O–H groups in total. The fourth-order valence-corrected chi connectivity index (χ4v) is 2.65. The summed E-state index contributed by atoms with van der Waals surface area (Å²) in [4.78, 5) is 9.10. The maximum atomic E-state index is 4.27. The van der Waals surface area contributed by atoms with Gasteiger partial charge in [0.05, 0.1) is 0 Å². The van der Waals surface area contributed by atoms with Crippen LogP contribution in [0.25, 0.3) is 0 Å². The van der Waals surface area contributed by atoms with Gasteiger partial charge in [-0.1, -0.05) is 6.92 Å². The number of nitrogens with one attached hydrogen (secondary N) is 1. The van der Waals surface area contributed by atoms with E-state index in [1.165, 1.54) is 24.1 Å². The summed E-state index contributed by atoms with van der Waals surface area (Å²) < 4.78 is 0. The van der Waals surface area contributed by atoms with Crippen LogP contribution in [-0.2, 0) is 6.54 Å². The Hall–Kier alpha value is -1.13. The van der Waals surface area contributed by atoms with Crippen molar-refractivity contribution in [2.24, 2.45) is 0 Å². The van der Waals surface area contributed by atoms with Gasteiger partial charge in [-0.2, -0.15) is 0 Å². The standard InChI is InChI=1S/C15H26N4/c1-4-7-16-10-13-11-17-8-5-15(13)19-9-6-14(12-19)18(2)3/h5,8,11,14,16H,4,6-7,9-10,12H2,1-3H3. The van der Waals surface area contributed by atoms with Gasteiger partial charge in [-0.15, -0.1) is 0 Å². The maximum absolute atomic E-state index is 4.27. The van der Waals surface area contributed by atoms with E-state index in [-0.39, 0.29) is 0 Å². The van der Waals surface area contributed by atoms with Crippen molar-refractivity contribution in [3.8, 4) is 0 Å². The molecule has 0 saturated carbocycles. The molecular formula is C15H26N4. The van der Waals surface area contributed by atoms with E-state index in [1.807, 2.05) is 12.4 Å². The van der Waals surface area contributed by atoms with E-state index in [4.69, 9.17) is 0 Å². The Labute approximate surface area is 116 Å². The lowest BCUT2D eigenvalue weighted by atomic mass is 10.2. The Kier molecular flexibility index (Phi) is 5.16. The van der Waals surface area contributed by atoms with E-state index in [9.17, 15) is 0 Å². The molecule has 4 nitrogen and oxygen atoms in total. The number of likely N-dealkylation sites (N-methyl/N-ethyl adjacent to an activating group) is 1. The summed E-state index contributed by atoms with van der Waals surface area (Å²) in [6, 6.07) is 2.82. The highest BCUT2D eigenvalue weighted by atomic mass is 15.2. The van der Waals surface area contributed by atoms with Crippen LogP contribution < -0.4 is 10.2 Å². The van der Waals surface area contributed by atoms with Crippen LogP contribution in [-0.4, -0.2) is 49.7 Å². The topological polar surface area (TPSA) is 31.4 Å². The molecule has 2 heterocycles. The molecule has 1 aliphatic rings. The molecule has 19 heavy (non-hydrogen) atoms. The Morgan fingerprint density at radius 1 is 1.47 bits per heavy atom. The van der Waals surface area contributed by atoms with E-state index >= 15 is 0 Å². The highest BCUT2D eigenvalue weighted by Crippen LogP contribution is 2.25. The molecule has 106 valence electrons. The van der Waals surface area contributed by atoms with Gasteiger partial charge in [-0.25, -0.2) is 0 Å². The van der Waals surface area contributed by atoms with E-state index < -0.39 is 0 Å². The molecule has 1 saturated heterocycles. The SMILES string of the molecule is CCCNCc1cnccc1N1CCC(N(C)C)C1. The van der Waals surface area contributed by atoms with E-state index in [0.29, 0.717) is 6.04 Å². The fraction of sp³-hybridized carbons (Fsp3) is 0.667. The van der Waals surface area contributed by atoms with Gasteiger partial charge in [-0.3, -0.25) is 4.98 Å². The first kappa shape index (κ1) is 14.3. The summed E-state index contributed by atoms with van der Waals surface area (Å²) in [7, 11) is 4.34. The number of hydrogen-bond acceptors (Lipinski definition) is 4. The predicted octanol–water partition coefficient (Wildman–Crippen LogP) is 1.72. The molecule has 0 aliphatic carbocycles. The van der Waals surface area contributed by atoms with Gasteiger partial charge in [0.25, 0.3) is 0 Å². The fourth-order valence-electron chi connectivity index (χ4n) is 2.65. The molecule has 4 heteroatoms. The molecule has 0 amide bonds. The van der Waals surface area contributed by atoms with Gasteiger partial charge >= 0.3 is 0 Å². The van der Waals surface area contributed by atoms with Crippen LogP contribution in [0, 0.1) is 0 Å². The average molecular weight is 262 g/mol. The highest BCUT2D eigenvalue weighted by Gasteiger charge is 2.25.